The molecule has 0 saturated carbocycles. The number of carbonyl (C=O) groups is 1. The van der Waals surface area contributed by atoms with E-state index in [-0.39, 0.29) is 25.4 Å². The minimum Gasteiger partial charge on any atom is -0.461 e. The van der Waals surface area contributed by atoms with Crippen molar-refractivity contribution in [2.75, 3.05) is 19.3 Å². The molecule has 36 heavy (non-hydrogen) atoms. The Bertz CT molecular complexity index is 1510. The molecule has 0 unspecified atom stereocenters. The van der Waals surface area contributed by atoms with E-state index in [1.54, 1.807) is 42.5 Å². The first-order chi connectivity index (χ1) is 17.0. The number of rotatable bonds is 8. The van der Waals surface area contributed by atoms with Gasteiger partial charge in [-0.2, -0.15) is 13.2 Å². The van der Waals surface area contributed by atoms with Gasteiger partial charge in [0.2, 0.25) is 10.0 Å². The van der Waals surface area contributed by atoms with E-state index in [1.807, 2.05) is 12.1 Å². The first-order valence-corrected chi connectivity index (χ1v) is 12.9. The molecule has 4 rings (SSSR count). The van der Waals surface area contributed by atoms with Crippen LogP contribution in [0.15, 0.2) is 77.2 Å². The van der Waals surface area contributed by atoms with Crippen LogP contribution in [-0.2, 0) is 22.6 Å². The first-order valence-electron chi connectivity index (χ1n) is 11.0. The van der Waals surface area contributed by atoms with E-state index >= 15 is 0 Å². The van der Waals surface area contributed by atoms with Gasteiger partial charge in [0.1, 0.15) is 11.3 Å². The molecule has 0 aliphatic heterocycles. The molecule has 2 N–H and O–H groups in total. The summed E-state index contributed by atoms with van der Waals surface area (Å²) in [4.78, 5) is 12.5. The van der Waals surface area contributed by atoms with Gasteiger partial charge in [0.05, 0.1) is 11.8 Å². The van der Waals surface area contributed by atoms with E-state index in [0.717, 1.165) is 34.9 Å². The smallest absolute Gasteiger partial charge is 0.416 e. The molecule has 10 heteroatoms. The van der Waals surface area contributed by atoms with Crippen molar-refractivity contribution in [3.8, 4) is 11.1 Å². The topological polar surface area (TPSA) is 88.4 Å². The monoisotopic (exact) mass is 516 g/mol. The Hall–Kier alpha value is -3.63. The van der Waals surface area contributed by atoms with Gasteiger partial charge >= 0.3 is 6.18 Å². The van der Waals surface area contributed by atoms with Crippen LogP contribution in [-0.4, -0.2) is 33.7 Å². The Morgan fingerprint density at radius 2 is 1.69 bits per heavy atom. The van der Waals surface area contributed by atoms with Crippen LogP contribution in [0.25, 0.3) is 22.1 Å². The maximum atomic E-state index is 13.1. The molecular weight excluding hydrogens is 493 g/mol. The van der Waals surface area contributed by atoms with Crippen molar-refractivity contribution in [1.82, 2.24) is 10.0 Å². The first kappa shape index (κ1) is 25.5. The molecule has 0 fully saturated rings. The predicted molar refractivity (Wildman–Crippen MR) is 131 cm³/mol. The van der Waals surface area contributed by atoms with E-state index in [2.05, 4.69) is 10.0 Å². The van der Waals surface area contributed by atoms with Crippen LogP contribution in [0.3, 0.4) is 0 Å². The second-order valence-electron chi connectivity index (χ2n) is 8.31. The van der Waals surface area contributed by atoms with Gasteiger partial charge in [-0.1, -0.05) is 42.5 Å². The van der Waals surface area contributed by atoms with Gasteiger partial charge in [0.25, 0.3) is 5.91 Å². The molecule has 0 bridgehead atoms. The summed E-state index contributed by atoms with van der Waals surface area (Å²) in [6.45, 7) is 0.208. The molecule has 6 nitrogen and oxygen atoms in total. The van der Waals surface area contributed by atoms with Crippen molar-refractivity contribution >= 4 is 26.9 Å². The zero-order valence-corrected chi connectivity index (χ0v) is 20.0. The molecule has 0 radical (unpaired) electrons. The van der Waals surface area contributed by atoms with Gasteiger partial charge in [0.15, 0.2) is 0 Å². The van der Waals surface area contributed by atoms with Crippen LogP contribution in [0.5, 0.6) is 0 Å². The number of benzene rings is 3. The highest BCUT2D eigenvalue weighted by Crippen LogP contribution is 2.33. The summed E-state index contributed by atoms with van der Waals surface area (Å²) < 4.78 is 69.7. The van der Waals surface area contributed by atoms with E-state index in [9.17, 15) is 26.4 Å². The fourth-order valence-electron chi connectivity index (χ4n) is 3.85. The Morgan fingerprint density at radius 3 is 2.44 bits per heavy atom. The minimum atomic E-state index is -4.42. The molecule has 0 aliphatic carbocycles. The van der Waals surface area contributed by atoms with E-state index < -0.39 is 21.8 Å². The molecule has 1 heterocycles. The van der Waals surface area contributed by atoms with Crippen LogP contribution in [0.2, 0.25) is 0 Å². The lowest BCUT2D eigenvalue weighted by Crippen LogP contribution is -2.34. The third-order valence-electron chi connectivity index (χ3n) is 5.46. The Morgan fingerprint density at radius 1 is 0.944 bits per heavy atom. The Balaban J connectivity index is 1.55. The lowest BCUT2D eigenvalue weighted by molar-refractivity contribution is -0.137. The number of alkyl halides is 3. The number of amides is 1. The minimum absolute atomic E-state index is 0.0766. The van der Waals surface area contributed by atoms with Gasteiger partial charge in [0, 0.05) is 30.5 Å². The quantitative estimate of drug-likeness (QED) is 0.323. The molecule has 1 amide bonds. The van der Waals surface area contributed by atoms with Gasteiger partial charge < -0.3 is 9.73 Å². The molecule has 4 aromatic rings. The number of furan rings is 1. The molecule has 0 spiro atoms. The highest BCUT2D eigenvalue weighted by atomic mass is 32.2. The van der Waals surface area contributed by atoms with Crippen molar-refractivity contribution in [3.63, 3.8) is 0 Å². The van der Waals surface area contributed by atoms with Crippen molar-refractivity contribution in [2.45, 2.75) is 12.6 Å². The van der Waals surface area contributed by atoms with Gasteiger partial charge in [-0.3, -0.25) is 4.79 Å². The number of nitrogens with one attached hydrogen (secondary N) is 2. The molecule has 0 atom stereocenters. The maximum Gasteiger partial charge on any atom is 0.416 e. The lowest BCUT2D eigenvalue weighted by atomic mass is 9.99. The van der Waals surface area contributed by atoms with E-state index in [1.165, 1.54) is 6.07 Å². The second kappa shape index (κ2) is 10.2. The van der Waals surface area contributed by atoms with Crippen molar-refractivity contribution in [1.29, 1.82) is 0 Å². The molecular formula is C26H23F3N2O4S. The Kier molecular flexibility index (Phi) is 7.18. The van der Waals surface area contributed by atoms with Gasteiger partial charge in [-0.25, -0.2) is 13.1 Å². The fourth-order valence-corrected chi connectivity index (χ4v) is 4.33. The van der Waals surface area contributed by atoms with Crippen LogP contribution in [0, 0.1) is 0 Å². The van der Waals surface area contributed by atoms with Crippen molar-refractivity contribution in [2.24, 2.45) is 0 Å². The zero-order chi connectivity index (χ0) is 25.9. The SMILES string of the molecule is CS(=O)(=O)NCCNC(=O)c1cccc(-c2cccc3oc(Cc4cccc(C(F)(F)F)c4)cc23)c1. The predicted octanol–water partition coefficient (Wildman–Crippen LogP) is 4.99. The van der Waals surface area contributed by atoms with Gasteiger partial charge in [-0.15, -0.1) is 0 Å². The summed E-state index contributed by atoms with van der Waals surface area (Å²) in [7, 11) is -3.34. The molecule has 3 aromatic carbocycles. The summed E-state index contributed by atoms with van der Waals surface area (Å²) in [5, 5.41) is 3.44. The third-order valence-corrected chi connectivity index (χ3v) is 6.18. The standard InChI is InChI=1S/C26H23F3N2O4S/c1-36(33,34)31-12-11-30-25(32)19-7-3-6-18(15-19)22-9-4-10-24-23(22)16-21(35-24)14-17-5-2-8-20(13-17)26(27,28)29/h2-10,13,15-16,31H,11-12,14H2,1H3,(H,30,32). The molecule has 1 aromatic heterocycles. The summed E-state index contributed by atoms with van der Waals surface area (Å²) in [5.74, 6) is 0.167. The maximum absolute atomic E-state index is 13.1. The summed E-state index contributed by atoms with van der Waals surface area (Å²) in [6, 6.07) is 19.3. The van der Waals surface area contributed by atoms with E-state index in [4.69, 9.17) is 4.42 Å². The zero-order valence-electron chi connectivity index (χ0n) is 19.2. The summed E-state index contributed by atoms with van der Waals surface area (Å²) in [5.41, 5.74) is 2.31. The Labute approximate surface area is 206 Å². The molecule has 188 valence electrons. The largest absolute Gasteiger partial charge is 0.461 e. The van der Waals surface area contributed by atoms with Crippen molar-refractivity contribution < 1.29 is 30.8 Å². The average molecular weight is 517 g/mol. The number of halogens is 3. The van der Waals surface area contributed by atoms with E-state index in [0.29, 0.717) is 22.5 Å². The summed E-state index contributed by atoms with van der Waals surface area (Å²) in [6.07, 6.45) is -3.18. The molecule has 0 aliphatic rings. The third kappa shape index (κ3) is 6.32. The van der Waals surface area contributed by atoms with Crippen LogP contribution in [0.1, 0.15) is 27.2 Å². The lowest BCUT2D eigenvalue weighted by Gasteiger charge is -2.08. The normalized spacial score (nSPS) is 12.1. The number of carbonyl (C=O) groups excluding carboxylic acids is 1. The summed E-state index contributed by atoms with van der Waals surface area (Å²) >= 11 is 0. The number of sulfonamides is 1. The average Bonchev–Trinajstić information content (AvgIpc) is 3.23. The fraction of sp³-hybridized carbons (Fsp3) is 0.192. The number of hydrogen-bond donors (Lipinski definition) is 2. The molecule has 0 saturated heterocycles. The highest BCUT2D eigenvalue weighted by Gasteiger charge is 2.30. The van der Waals surface area contributed by atoms with Crippen LogP contribution < -0.4 is 10.0 Å². The second-order valence-corrected chi connectivity index (χ2v) is 10.1. The number of fused-ring (bicyclic) bond motifs is 1. The highest BCUT2D eigenvalue weighted by molar-refractivity contribution is 7.88. The van der Waals surface area contributed by atoms with Gasteiger partial charge in [-0.05, 0) is 47.0 Å². The number of hydrogen-bond acceptors (Lipinski definition) is 4. The van der Waals surface area contributed by atoms with Crippen LogP contribution in [0.4, 0.5) is 13.2 Å². The van der Waals surface area contributed by atoms with Crippen LogP contribution >= 0.6 is 0 Å². The van der Waals surface area contributed by atoms with Crippen molar-refractivity contribution in [3.05, 3.63) is 95.2 Å².